The van der Waals surface area contributed by atoms with Gasteiger partial charge in [-0.3, -0.25) is 4.79 Å². The summed E-state index contributed by atoms with van der Waals surface area (Å²) in [7, 11) is 0. The fraction of sp³-hybridized carbons (Fsp3) is 0.938. The summed E-state index contributed by atoms with van der Waals surface area (Å²) in [5.41, 5.74) is 0. The number of aliphatic hydroxyl groups excluding tert-OH is 1. The molecule has 3 nitrogen and oxygen atoms in total. The molecule has 0 aromatic rings. The van der Waals surface area contributed by atoms with Gasteiger partial charge in [0.15, 0.2) is 0 Å². The van der Waals surface area contributed by atoms with Crippen molar-refractivity contribution in [3.8, 4) is 0 Å². The lowest BCUT2D eigenvalue weighted by atomic mass is 10.00. The summed E-state index contributed by atoms with van der Waals surface area (Å²) >= 11 is 0. The maximum absolute atomic E-state index is 11.1. The Labute approximate surface area is 119 Å². The first kappa shape index (κ1) is 20.9. The number of Topliss-reactive ketones (excluding diaryl/α,β-unsaturated/α-hetero) is 1. The largest absolute Gasteiger partial charge is 0.391 e. The molecule has 3 heteroatoms. The molecule has 0 aromatic carbocycles. The SMILES string of the molecule is CC(C)CC(=O)CC(C)C.CCCCOCC(C)O. The first-order valence-corrected chi connectivity index (χ1v) is 7.57. The Balaban J connectivity index is 0. The van der Waals surface area contributed by atoms with Crippen molar-refractivity contribution in [1.82, 2.24) is 0 Å². The van der Waals surface area contributed by atoms with E-state index in [4.69, 9.17) is 9.84 Å². The zero-order chi connectivity index (χ0) is 15.3. The van der Waals surface area contributed by atoms with Crippen molar-refractivity contribution < 1.29 is 14.6 Å². The molecule has 0 saturated heterocycles. The van der Waals surface area contributed by atoms with Crippen LogP contribution < -0.4 is 0 Å². The lowest BCUT2D eigenvalue weighted by Gasteiger charge is -2.05. The molecular formula is C16H34O3. The number of unbranched alkanes of at least 4 members (excludes halogenated alkanes) is 1. The van der Waals surface area contributed by atoms with Crippen LogP contribution in [0.4, 0.5) is 0 Å². The van der Waals surface area contributed by atoms with Crippen LogP contribution in [0.5, 0.6) is 0 Å². The molecule has 0 radical (unpaired) electrons. The van der Waals surface area contributed by atoms with Gasteiger partial charge in [0.25, 0.3) is 0 Å². The molecule has 0 aliphatic rings. The van der Waals surface area contributed by atoms with E-state index in [1.165, 1.54) is 0 Å². The van der Waals surface area contributed by atoms with E-state index in [1.54, 1.807) is 6.92 Å². The van der Waals surface area contributed by atoms with Crippen LogP contribution in [-0.4, -0.2) is 30.2 Å². The monoisotopic (exact) mass is 274 g/mol. The topological polar surface area (TPSA) is 46.5 Å². The Morgan fingerprint density at radius 1 is 1.05 bits per heavy atom. The highest BCUT2D eigenvalue weighted by Gasteiger charge is 2.06. The predicted molar refractivity (Wildman–Crippen MR) is 81.3 cm³/mol. The van der Waals surface area contributed by atoms with Crippen molar-refractivity contribution in [2.75, 3.05) is 13.2 Å². The van der Waals surface area contributed by atoms with Crippen LogP contribution in [0.2, 0.25) is 0 Å². The van der Waals surface area contributed by atoms with Crippen molar-refractivity contribution in [1.29, 1.82) is 0 Å². The second kappa shape index (κ2) is 14.0. The molecule has 0 bridgehead atoms. The van der Waals surface area contributed by atoms with Gasteiger partial charge in [-0.15, -0.1) is 0 Å². The summed E-state index contributed by atoms with van der Waals surface area (Å²) in [5, 5.41) is 8.73. The average molecular weight is 274 g/mol. The summed E-state index contributed by atoms with van der Waals surface area (Å²) in [6, 6.07) is 0. The molecule has 0 heterocycles. The number of rotatable bonds is 9. The Hall–Kier alpha value is -0.410. The van der Waals surface area contributed by atoms with Gasteiger partial charge in [0.1, 0.15) is 5.78 Å². The van der Waals surface area contributed by atoms with Crippen LogP contribution in [0, 0.1) is 11.8 Å². The second-order valence-electron chi connectivity index (χ2n) is 6.01. The molecule has 0 aliphatic carbocycles. The van der Waals surface area contributed by atoms with Crippen LogP contribution >= 0.6 is 0 Å². The van der Waals surface area contributed by atoms with Crippen molar-refractivity contribution in [3.05, 3.63) is 0 Å². The van der Waals surface area contributed by atoms with Crippen molar-refractivity contribution in [3.63, 3.8) is 0 Å². The minimum absolute atomic E-state index is 0.318. The third-order valence-corrected chi connectivity index (χ3v) is 2.27. The van der Waals surface area contributed by atoms with Gasteiger partial charge in [-0.2, -0.15) is 0 Å². The highest BCUT2D eigenvalue weighted by Crippen LogP contribution is 2.07. The van der Waals surface area contributed by atoms with Gasteiger partial charge in [-0.25, -0.2) is 0 Å². The number of carbonyl (C=O) groups excluding carboxylic acids is 1. The van der Waals surface area contributed by atoms with E-state index < -0.39 is 0 Å². The van der Waals surface area contributed by atoms with Crippen LogP contribution in [0.1, 0.15) is 67.2 Å². The van der Waals surface area contributed by atoms with Gasteiger partial charge in [0, 0.05) is 19.4 Å². The number of carbonyl (C=O) groups is 1. The molecule has 0 aromatic heterocycles. The normalized spacial score (nSPS) is 12.3. The minimum Gasteiger partial charge on any atom is -0.391 e. The summed E-state index contributed by atoms with van der Waals surface area (Å²) < 4.78 is 5.09. The highest BCUT2D eigenvalue weighted by atomic mass is 16.5. The molecule has 0 aliphatic heterocycles. The molecule has 0 amide bonds. The molecule has 116 valence electrons. The van der Waals surface area contributed by atoms with Gasteiger partial charge in [0.05, 0.1) is 12.7 Å². The summed E-state index contributed by atoms with van der Waals surface area (Å²) in [4.78, 5) is 11.1. The van der Waals surface area contributed by atoms with Gasteiger partial charge in [0.2, 0.25) is 0 Å². The first-order valence-electron chi connectivity index (χ1n) is 7.57. The van der Waals surface area contributed by atoms with Crippen LogP contribution in [-0.2, 0) is 9.53 Å². The summed E-state index contributed by atoms with van der Waals surface area (Å²) in [6.07, 6.45) is 3.42. The smallest absolute Gasteiger partial charge is 0.133 e. The number of ketones is 1. The van der Waals surface area contributed by atoms with E-state index in [-0.39, 0.29) is 6.10 Å². The van der Waals surface area contributed by atoms with E-state index in [0.717, 1.165) is 32.3 Å². The zero-order valence-corrected chi connectivity index (χ0v) is 13.7. The molecule has 1 unspecified atom stereocenters. The average Bonchev–Trinajstić information content (AvgIpc) is 2.22. The quantitative estimate of drug-likeness (QED) is 0.650. The summed E-state index contributed by atoms with van der Waals surface area (Å²) in [6.45, 7) is 13.4. The maximum atomic E-state index is 11.1. The lowest BCUT2D eigenvalue weighted by molar-refractivity contribution is -0.120. The van der Waals surface area contributed by atoms with Crippen molar-refractivity contribution in [2.24, 2.45) is 11.8 Å². The number of aliphatic hydroxyl groups is 1. The third kappa shape index (κ3) is 23.1. The predicted octanol–water partition coefficient (Wildman–Crippen LogP) is 3.83. The maximum Gasteiger partial charge on any atom is 0.133 e. The summed E-state index contributed by atoms with van der Waals surface area (Å²) in [5.74, 6) is 1.45. The molecule has 1 N–H and O–H groups in total. The van der Waals surface area contributed by atoms with Crippen molar-refractivity contribution in [2.45, 2.75) is 73.3 Å². The molecule has 19 heavy (non-hydrogen) atoms. The fourth-order valence-electron chi connectivity index (χ4n) is 1.49. The van der Waals surface area contributed by atoms with E-state index in [9.17, 15) is 4.79 Å². The Bertz CT molecular complexity index is 186. The standard InChI is InChI=1S/C9H18O.C7H16O2/c1-7(2)5-9(10)6-8(3)4;1-3-4-5-9-6-7(2)8/h7-8H,5-6H2,1-4H3;7-8H,3-6H2,1-2H3. The minimum atomic E-state index is -0.318. The van der Waals surface area contributed by atoms with E-state index in [2.05, 4.69) is 34.6 Å². The molecule has 0 spiro atoms. The third-order valence-electron chi connectivity index (χ3n) is 2.27. The van der Waals surface area contributed by atoms with E-state index in [1.807, 2.05) is 0 Å². The Morgan fingerprint density at radius 2 is 1.53 bits per heavy atom. The van der Waals surface area contributed by atoms with Gasteiger partial charge >= 0.3 is 0 Å². The highest BCUT2D eigenvalue weighted by molar-refractivity contribution is 5.78. The van der Waals surface area contributed by atoms with E-state index >= 15 is 0 Å². The molecule has 0 rings (SSSR count). The van der Waals surface area contributed by atoms with Crippen LogP contribution in [0.25, 0.3) is 0 Å². The van der Waals surface area contributed by atoms with E-state index in [0.29, 0.717) is 24.2 Å². The van der Waals surface area contributed by atoms with Gasteiger partial charge in [-0.1, -0.05) is 41.0 Å². The van der Waals surface area contributed by atoms with Crippen LogP contribution in [0.15, 0.2) is 0 Å². The first-order chi connectivity index (χ1) is 8.79. The second-order valence-corrected chi connectivity index (χ2v) is 6.01. The van der Waals surface area contributed by atoms with Gasteiger partial charge < -0.3 is 9.84 Å². The lowest BCUT2D eigenvalue weighted by Crippen LogP contribution is -2.10. The molecular weight excluding hydrogens is 240 g/mol. The Kier molecular flexibility index (Phi) is 15.4. The van der Waals surface area contributed by atoms with Crippen molar-refractivity contribution >= 4 is 5.78 Å². The van der Waals surface area contributed by atoms with Crippen LogP contribution in [0.3, 0.4) is 0 Å². The number of hydrogen-bond donors (Lipinski definition) is 1. The molecule has 0 fully saturated rings. The molecule has 0 saturated carbocycles. The van der Waals surface area contributed by atoms with Gasteiger partial charge in [-0.05, 0) is 25.2 Å². The fourth-order valence-corrected chi connectivity index (χ4v) is 1.49. The zero-order valence-electron chi connectivity index (χ0n) is 13.7. The number of hydrogen-bond acceptors (Lipinski definition) is 3. The molecule has 1 atom stereocenters. The Morgan fingerprint density at radius 3 is 1.84 bits per heavy atom. The number of ether oxygens (including phenoxy) is 1.